The first-order valence-electron chi connectivity index (χ1n) is 6.41. The van der Waals surface area contributed by atoms with Gasteiger partial charge in [0.05, 0.1) is 0 Å². The van der Waals surface area contributed by atoms with Crippen molar-refractivity contribution in [2.75, 3.05) is 18.5 Å². The minimum Gasteiger partial charge on any atom is -0.355 e. The van der Waals surface area contributed by atoms with Gasteiger partial charge in [-0.3, -0.25) is 4.79 Å². The number of aromatic nitrogens is 2. The van der Waals surface area contributed by atoms with Gasteiger partial charge in [-0.25, -0.2) is 4.98 Å². The number of alkyl halides is 1. The molecule has 0 saturated heterocycles. The zero-order valence-electron chi connectivity index (χ0n) is 11.1. The second kappa shape index (κ2) is 5.31. The molecule has 0 aliphatic heterocycles. The van der Waals surface area contributed by atoms with Crippen LogP contribution < -0.4 is 10.5 Å². The van der Waals surface area contributed by atoms with Crippen molar-refractivity contribution >= 4 is 17.4 Å². The molecule has 5 heteroatoms. The second-order valence-electron chi connectivity index (χ2n) is 5.37. The third-order valence-electron chi connectivity index (χ3n) is 3.48. The number of hydrogen-bond donors (Lipinski definition) is 0. The van der Waals surface area contributed by atoms with E-state index in [4.69, 9.17) is 11.6 Å². The van der Waals surface area contributed by atoms with Gasteiger partial charge in [-0.05, 0) is 32.6 Å². The van der Waals surface area contributed by atoms with Crippen molar-refractivity contribution in [3.05, 3.63) is 22.7 Å². The van der Waals surface area contributed by atoms with Crippen molar-refractivity contribution in [3.8, 4) is 0 Å². The standard InChI is InChI=1S/C13H20ClN3O/c1-9(2)17-5-4-15-12(13(17)18)16(3)8-10-6-11(14)7-10/h4-5,9-11H,6-8H2,1-3H3. The largest absolute Gasteiger partial charge is 0.355 e. The molecule has 1 fully saturated rings. The van der Waals surface area contributed by atoms with Crippen LogP contribution in [0.15, 0.2) is 17.2 Å². The summed E-state index contributed by atoms with van der Waals surface area (Å²) in [7, 11) is 1.93. The minimum atomic E-state index is -0.0169. The van der Waals surface area contributed by atoms with E-state index in [-0.39, 0.29) is 11.6 Å². The lowest BCUT2D eigenvalue weighted by Gasteiger charge is -2.34. The van der Waals surface area contributed by atoms with Gasteiger partial charge in [0.1, 0.15) is 0 Å². The fourth-order valence-corrected chi connectivity index (χ4v) is 2.86. The topological polar surface area (TPSA) is 38.1 Å². The quantitative estimate of drug-likeness (QED) is 0.787. The molecule has 18 heavy (non-hydrogen) atoms. The van der Waals surface area contributed by atoms with Gasteiger partial charge in [0.2, 0.25) is 0 Å². The van der Waals surface area contributed by atoms with Crippen LogP contribution >= 0.6 is 11.6 Å². The summed E-state index contributed by atoms with van der Waals surface area (Å²) in [5, 5.41) is 0.319. The van der Waals surface area contributed by atoms with Crippen LogP contribution in [0, 0.1) is 5.92 Å². The van der Waals surface area contributed by atoms with E-state index in [0.29, 0.717) is 17.1 Å². The molecule has 0 radical (unpaired) electrons. The van der Waals surface area contributed by atoms with Gasteiger partial charge in [0.25, 0.3) is 5.56 Å². The Kier molecular flexibility index (Phi) is 3.95. The molecule has 0 unspecified atom stereocenters. The van der Waals surface area contributed by atoms with E-state index in [1.54, 1.807) is 17.0 Å². The lowest BCUT2D eigenvalue weighted by atomic mass is 9.84. The van der Waals surface area contributed by atoms with Crippen molar-refractivity contribution in [2.45, 2.75) is 38.1 Å². The highest BCUT2D eigenvalue weighted by Crippen LogP contribution is 2.32. The molecule has 4 nitrogen and oxygen atoms in total. The fraction of sp³-hybridized carbons (Fsp3) is 0.692. The first kappa shape index (κ1) is 13.4. The van der Waals surface area contributed by atoms with Gasteiger partial charge in [-0.2, -0.15) is 0 Å². The highest BCUT2D eigenvalue weighted by Gasteiger charge is 2.28. The van der Waals surface area contributed by atoms with Crippen LogP contribution in [-0.2, 0) is 0 Å². The van der Waals surface area contributed by atoms with Gasteiger partial charge in [-0.15, -0.1) is 11.6 Å². The number of nitrogens with zero attached hydrogens (tertiary/aromatic N) is 3. The van der Waals surface area contributed by atoms with Crippen LogP contribution in [0.3, 0.4) is 0 Å². The maximum absolute atomic E-state index is 12.2. The summed E-state index contributed by atoms with van der Waals surface area (Å²) in [6.07, 6.45) is 5.51. The molecule has 1 aliphatic carbocycles. The van der Waals surface area contributed by atoms with Crippen LogP contribution in [0.5, 0.6) is 0 Å². The first-order chi connectivity index (χ1) is 8.49. The van der Waals surface area contributed by atoms with Gasteiger partial charge in [-0.1, -0.05) is 0 Å². The molecule has 2 rings (SSSR count). The van der Waals surface area contributed by atoms with Crippen molar-refractivity contribution in [1.29, 1.82) is 0 Å². The Balaban J connectivity index is 2.12. The minimum absolute atomic E-state index is 0.0169. The monoisotopic (exact) mass is 269 g/mol. The summed E-state index contributed by atoms with van der Waals surface area (Å²) in [5.74, 6) is 1.12. The summed E-state index contributed by atoms with van der Waals surface area (Å²) >= 11 is 5.97. The number of anilines is 1. The fourth-order valence-electron chi connectivity index (χ4n) is 2.36. The molecule has 1 aromatic rings. The molecular weight excluding hydrogens is 250 g/mol. The van der Waals surface area contributed by atoms with Crippen LogP contribution in [0.2, 0.25) is 0 Å². The zero-order chi connectivity index (χ0) is 13.3. The van der Waals surface area contributed by atoms with E-state index < -0.39 is 0 Å². The van der Waals surface area contributed by atoms with Crippen LogP contribution in [-0.4, -0.2) is 28.5 Å². The third kappa shape index (κ3) is 2.69. The van der Waals surface area contributed by atoms with Crippen molar-refractivity contribution in [1.82, 2.24) is 9.55 Å². The molecule has 1 aromatic heterocycles. The Hall–Kier alpha value is -1.03. The predicted octanol–water partition coefficient (Wildman–Crippen LogP) is 2.28. The van der Waals surface area contributed by atoms with Crippen LogP contribution in [0.25, 0.3) is 0 Å². The van der Waals surface area contributed by atoms with Crippen molar-refractivity contribution in [2.24, 2.45) is 5.92 Å². The Morgan fingerprint density at radius 3 is 2.78 bits per heavy atom. The number of halogens is 1. The van der Waals surface area contributed by atoms with E-state index in [2.05, 4.69) is 4.98 Å². The predicted molar refractivity (Wildman–Crippen MR) is 74.5 cm³/mol. The zero-order valence-corrected chi connectivity index (χ0v) is 11.9. The van der Waals surface area contributed by atoms with Crippen molar-refractivity contribution in [3.63, 3.8) is 0 Å². The van der Waals surface area contributed by atoms with E-state index in [0.717, 1.165) is 19.4 Å². The maximum Gasteiger partial charge on any atom is 0.293 e. The molecular formula is C13H20ClN3O. The van der Waals surface area contributed by atoms with Gasteiger partial charge < -0.3 is 9.47 Å². The Bertz CT molecular complexity index is 466. The second-order valence-corrected chi connectivity index (χ2v) is 5.99. The lowest BCUT2D eigenvalue weighted by molar-refractivity contribution is 0.328. The number of hydrogen-bond acceptors (Lipinski definition) is 3. The summed E-state index contributed by atoms with van der Waals surface area (Å²) < 4.78 is 1.71. The molecule has 0 bridgehead atoms. The average Bonchev–Trinajstić information content (AvgIpc) is 2.26. The van der Waals surface area contributed by atoms with Gasteiger partial charge in [0.15, 0.2) is 5.82 Å². The highest BCUT2D eigenvalue weighted by atomic mass is 35.5. The molecule has 0 aromatic carbocycles. The van der Waals surface area contributed by atoms with Crippen LogP contribution in [0.4, 0.5) is 5.82 Å². The Labute approximate surface area is 113 Å². The molecule has 1 aliphatic rings. The molecule has 0 spiro atoms. The van der Waals surface area contributed by atoms with Crippen molar-refractivity contribution < 1.29 is 0 Å². The normalized spacial score (nSPS) is 22.9. The average molecular weight is 270 g/mol. The summed E-state index contributed by atoms with van der Waals surface area (Å²) in [5.41, 5.74) is -0.0169. The highest BCUT2D eigenvalue weighted by molar-refractivity contribution is 6.21. The Morgan fingerprint density at radius 2 is 2.22 bits per heavy atom. The summed E-state index contributed by atoms with van der Waals surface area (Å²) in [6.45, 7) is 4.85. The molecule has 1 heterocycles. The van der Waals surface area contributed by atoms with E-state index in [1.165, 1.54) is 0 Å². The van der Waals surface area contributed by atoms with Gasteiger partial charge in [0, 0.05) is 37.4 Å². The smallest absolute Gasteiger partial charge is 0.293 e. The maximum atomic E-state index is 12.2. The first-order valence-corrected chi connectivity index (χ1v) is 6.85. The summed E-state index contributed by atoms with van der Waals surface area (Å²) in [4.78, 5) is 18.4. The molecule has 1 saturated carbocycles. The van der Waals surface area contributed by atoms with E-state index in [9.17, 15) is 4.79 Å². The SMILES string of the molecule is CC(C)n1ccnc(N(C)CC2CC(Cl)C2)c1=O. The molecule has 100 valence electrons. The molecule has 0 amide bonds. The molecule has 0 N–H and O–H groups in total. The molecule has 0 atom stereocenters. The van der Waals surface area contributed by atoms with E-state index >= 15 is 0 Å². The van der Waals surface area contributed by atoms with Gasteiger partial charge >= 0.3 is 0 Å². The number of rotatable bonds is 4. The third-order valence-corrected chi connectivity index (χ3v) is 3.83. The Morgan fingerprint density at radius 1 is 1.56 bits per heavy atom. The lowest BCUT2D eigenvalue weighted by Crippen LogP contribution is -2.38. The van der Waals surface area contributed by atoms with E-state index in [1.807, 2.05) is 25.8 Å². The summed E-state index contributed by atoms with van der Waals surface area (Å²) in [6, 6.07) is 0.156. The van der Waals surface area contributed by atoms with Crippen LogP contribution in [0.1, 0.15) is 32.7 Å².